The standard InChI is InChI=1S/C29H22BrN3O5S/c1-2-37-25-13-21(16-31-32-29(34)28-14-20-12-22(33(35)36)10-11-27(20)39-28)24(30)15-26(25)38-17-19-8-5-7-18-6-3-4-9-23(18)19/h3-16H,2,17H2,1H3,(H,32,34)/b31-16-. The normalized spacial score (nSPS) is 11.2. The lowest BCUT2D eigenvalue weighted by Crippen LogP contribution is -2.16. The molecule has 0 radical (unpaired) electrons. The number of carbonyl (C=O) groups excluding carboxylic acids is 1. The number of nitro benzene ring substituents is 1. The van der Waals surface area contributed by atoms with Crippen molar-refractivity contribution in [3.8, 4) is 11.5 Å². The maximum absolute atomic E-state index is 12.6. The summed E-state index contributed by atoms with van der Waals surface area (Å²) < 4.78 is 13.5. The van der Waals surface area contributed by atoms with Gasteiger partial charge in [0.05, 0.1) is 22.6 Å². The van der Waals surface area contributed by atoms with Crippen LogP contribution in [0.25, 0.3) is 20.9 Å². The number of nitrogens with one attached hydrogen (secondary N) is 1. The molecule has 39 heavy (non-hydrogen) atoms. The second-order valence-electron chi connectivity index (χ2n) is 8.47. The molecule has 10 heteroatoms. The Morgan fingerprint density at radius 1 is 1.03 bits per heavy atom. The molecule has 0 aliphatic rings. The monoisotopic (exact) mass is 603 g/mol. The summed E-state index contributed by atoms with van der Waals surface area (Å²) in [5.41, 5.74) is 4.24. The van der Waals surface area contributed by atoms with Gasteiger partial charge in [-0.15, -0.1) is 11.3 Å². The minimum absolute atomic E-state index is 0.0234. The number of nitrogens with zero attached hydrogens (tertiary/aromatic N) is 2. The van der Waals surface area contributed by atoms with Gasteiger partial charge in [0.1, 0.15) is 6.61 Å². The largest absolute Gasteiger partial charge is 0.490 e. The van der Waals surface area contributed by atoms with E-state index in [9.17, 15) is 14.9 Å². The first-order valence-corrected chi connectivity index (χ1v) is 13.6. The van der Waals surface area contributed by atoms with E-state index in [0.29, 0.717) is 45.0 Å². The Balaban J connectivity index is 1.30. The summed E-state index contributed by atoms with van der Waals surface area (Å²) in [5, 5.41) is 18.0. The fourth-order valence-electron chi connectivity index (χ4n) is 4.08. The van der Waals surface area contributed by atoms with Crippen molar-refractivity contribution in [1.29, 1.82) is 0 Å². The number of benzene rings is 4. The summed E-state index contributed by atoms with van der Waals surface area (Å²) in [6.45, 7) is 2.71. The van der Waals surface area contributed by atoms with Crippen LogP contribution in [-0.2, 0) is 6.61 Å². The molecule has 1 aromatic heterocycles. The molecule has 0 saturated heterocycles. The van der Waals surface area contributed by atoms with Gasteiger partial charge in [-0.2, -0.15) is 5.10 Å². The third-order valence-electron chi connectivity index (χ3n) is 5.93. The predicted molar refractivity (Wildman–Crippen MR) is 157 cm³/mol. The van der Waals surface area contributed by atoms with Gasteiger partial charge in [-0.25, -0.2) is 5.43 Å². The van der Waals surface area contributed by atoms with Crippen LogP contribution in [0.3, 0.4) is 0 Å². The number of hydrogen-bond donors (Lipinski definition) is 1. The van der Waals surface area contributed by atoms with E-state index in [1.807, 2.05) is 37.3 Å². The number of nitro groups is 1. The van der Waals surface area contributed by atoms with Crippen LogP contribution >= 0.6 is 27.3 Å². The Bertz CT molecular complexity index is 1730. The summed E-state index contributed by atoms with van der Waals surface area (Å²) in [7, 11) is 0. The number of hydrogen-bond acceptors (Lipinski definition) is 7. The summed E-state index contributed by atoms with van der Waals surface area (Å²) in [6.07, 6.45) is 1.51. The van der Waals surface area contributed by atoms with E-state index >= 15 is 0 Å². The molecule has 4 aromatic carbocycles. The molecular weight excluding hydrogens is 582 g/mol. The van der Waals surface area contributed by atoms with Gasteiger partial charge in [-0.05, 0) is 63.5 Å². The van der Waals surface area contributed by atoms with Crippen molar-refractivity contribution in [1.82, 2.24) is 5.43 Å². The molecule has 5 rings (SSSR count). The Morgan fingerprint density at radius 3 is 2.64 bits per heavy atom. The molecule has 1 amide bonds. The number of non-ortho nitro benzene ring substituents is 1. The highest BCUT2D eigenvalue weighted by Crippen LogP contribution is 2.34. The van der Waals surface area contributed by atoms with E-state index in [0.717, 1.165) is 21.0 Å². The van der Waals surface area contributed by atoms with Crippen LogP contribution in [0, 0.1) is 10.1 Å². The SMILES string of the molecule is CCOc1cc(/C=N\NC(=O)c2cc3cc([N+](=O)[O-])ccc3s2)c(Br)cc1OCc1cccc2ccccc12. The van der Waals surface area contributed by atoms with E-state index in [1.165, 1.54) is 29.7 Å². The lowest BCUT2D eigenvalue weighted by atomic mass is 10.1. The van der Waals surface area contributed by atoms with E-state index in [1.54, 1.807) is 18.2 Å². The Labute approximate surface area is 236 Å². The van der Waals surface area contributed by atoms with Crippen molar-refractivity contribution >= 4 is 65.9 Å². The van der Waals surface area contributed by atoms with Crippen molar-refractivity contribution in [3.63, 3.8) is 0 Å². The molecule has 0 bridgehead atoms. The molecule has 0 atom stereocenters. The maximum atomic E-state index is 12.6. The zero-order valence-corrected chi connectivity index (χ0v) is 23.1. The van der Waals surface area contributed by atoms with Crippen LogP contribution < -0.4 is 14.9 Å². The van der Waals surface area contributed by atoms with Crippen molar-refractivity contribution < 1.29 is 19.2 Å². The van der Waals surface area contributed by atoms with Crippen LogP contribution in [0.15, 0.2) is 88.4 Å². The second kappa shape index (κ2) is 11.6. The number of ether oxygens (including phenoxy) is 2. The lowest BCUT2D eigenvalue weighted by Gasteiger charge is -2.15. The number of carbonyl (C=O) groups is 1. The average Bonchev–Trinajstić information content (AvgIpc) is 3.37. The van der Waals surface area contributed by atoms with Gasteiger partial charge in [-0.1, -0.05) is 42.5 Å². The number of halogens is 1. The van der Waals surface area contributed by atoms with Gasteiger partial charge >= 0.3 is 0 Å². The van der Waals surface area contributed by atoms with Crippen LogP contribution in [0.1, 0.15) is 27.7 Å². The fraction of sp³-hybridized carbons (Fsp3) is 0.103. The Kier molecular flexibility index (Phi) is 7.85. The zero-order chi connectivity index (χ0) is 27.4. The molecule has 8 nitrogen and oxygen atoms in total. The molecule has 0 spiro atoms. The Morgan fingerprint density at radius 2 is 1.82 bits per heavy atom. The first kappa shape index (κ1) is 26.3. The fourth-order valence-corrected chi connectivity index (χ4v) is 5.43. The van der Waals surface area contributed by atoms with Gasteiger partial charge in [0.25, 0.3) is 11.6 Å². The van der Waals surface area contributed by atoms with Crippen LogP contribution in [0.4, 0.5) is 5.69 Å². The first-order chi connectivity index (χ1) is 18.9. The average molecular weight is 604 g/mol. The number of hydrazone groups is 1. The molecular formula is C29H22BrN3O5S. The zero-order valence-electron chi connectivity index (χ0n) is 20.7. The minimum atomic E-state index is -0.463. The van der Waals surface area contributed by atoms with Gasteiger partial charge in [0.15, 0.2) is 11.5 Å². The van der Waals surface area contributed by atoms with Crippen LogP contribution in [-0.4, -0.2) is 23.7 Å². The summed E-state index contributed by atoms with van der Waals surface area (Å²) >= 11 is 4.80. The van der Waals surface area contributed by atoms with Crippen molar-refractivity contribution in [3.05, 3.63) is 109 Å². The van der Waals surface area contributed by atoms with Gasteiger partial charge in [0, 0.05) is 32.3 Å². The molecule has 0 aliphatic carbocycles. The lowest BCUT2D eigenvalue weighted by molar-refractivity contribution is -0.384. The molecule has 0 unspecified atom stereocenters. The van der Waals surface area contributed by atoms with E-state index in [-0.39, 0.29) is 5.69 Å². The molecule has 5 aromatic rings. The van der Waals surface area contributed by atoms with Crippen molar-refractivity contribution in [2.45, 2.75) is 13.5 Å². The quantitative estimate of drug-likeness (QED) is 0.107. The molecule has 1 heterocycles. The van der Waals surface area contributed by atoms with E-state index in [2.05, 4.69) is 44.7 Å². The number of rotatable bonds is 9. The molecule has 0 saturated carbocycles. The van der Waals surface area contributed by atoms with Gasteiger partial charge in [0.2, 0.25) is 0 Å². The highest BCUT2D eigenvalue weighted by atomic mass is 79.9. The highest BCUT2D eigenvalue weighted by molar-refractivity contribution is 9.10. The third kappa shape index (κ3) is 5.92. The van der Waals surface area contributed by atoms with E-state index in [4.69, 9.17) is 9.47 Å². The third-order valence-corrected chi connectivity index (χ3v) is 7.73. The topological polar surface area (TPSA) is 103 Å². The predicted octanol–water partition coefficient (Wildman–Crippen LogP) is 7.47. The summed E-state index contributed by atoms with van der Waals surface area (Å²) in [5.74, 6) is 0.725. The number of thiophene rings is 1. The second-order valence-corrected chi connectivity index (χ2v) is 10.4. The van der Waals surface area contributed by atoms with Crippen LogP contribution in [0.5, 0.6) is 11.5 Å². The molecule has 0 aliphatic heterocycles. The smallest absolute Gasteiger partial charge is 0.281 e. The van der Waals surface area contributed by atoms with Crippen molar-refractivity contribution in [2.24, 2.45) is 5.10 Å². The van der Waals surface area contributed by atoms with Gasteiger partial charge in [-0.3, -0.25) is 14.9 Å². The summed E-state index contributed by atoms with van der Waals surface area (Å²) in [6, 6.07) is 24.0. The number of amides is 1. The number of fused-ring (bicyclic) bond motifs is 2. The molecule has 1 N–H and O–H groups in total. The molecule has 196 valence electrons. The van der Waals surface area contributed by atoms with Crippen molar-refractivity contribution in [2.75, 3.05) is 6.61 Å². The highest BCUT2D eigenvalue weighted by Gasteiger charge is 2.14. The maximum Gasteiger partial charge on any atom is 0.281 e. The van der Waals surface area contributed by atoms with Gasteiger partial charge < -0.3 is 9.47 Å². The molecule has 0 fully saturated rings. The first-order valence-electron chi connectivity index (χ1n) is 12.0. The van der Waals surface area contributed by atoms with Crippen LogP contribution in [0.2, 0.25) is 0 Å². The summed E-state index contributed by atoms with van der Waals surface area (Å²) in [4.78, 5) is 23.6. The minimum Gasteiger partial charge on any atom is -0.490 e. The Hall–Kier alpha value is -4.28. The van der Waals surface area contributed by atoms with E-state index < -0.39 is 10.8 Å².